The van der Waals surface area contributed by atoms with E-state index in [1.807, 2.05) is 0 Å². The molecule has 0 saturated heterocycles. The van der Waals surface area contributed by atoms with E-state index in [1.54, 1.807) is 24.3 Å². The number of nitriles is 1. The third-order valence-corrected chi connectivity index (χ3v) is 2.13. The fourth-order valence-corrected chi connectivity index (χ4v) is 1.50. The Morgan fingerprint density at radius 1 is 1.62 bits per heavy atom. The molecule has 0 bridgehead atoms. The Hall–Kier alpha value is -2.13. The van der Waals surface area contributed by atoms with Crippen molar-refractivity contribution in [3.63, 3.8) is 0 Å². The summed E-state index contributed by atoms with van der Waals surface area (Å²) < 4.78 is 5.19. The van der Waals surface area contributed by atoms with Gasteiger partial charge in [-0.2, -0.15) is 5.26 Å². The van der Waals surface area contributed by atoms with Gasteiger partial charge in [-0.25, -0.2) is 0 Å². The topological polar surface area (TPSA) is 81.8 Å². The van der Waals surface area contributed by atoms with Gasteiger partial charge >= 0.3 is 0 Å². The van der Waals surface area contributed by atoms with Gasteiger partial charge < -0.3 is 14.7 Å². The van der Waals surface area contributed by atoms with Gasteiger partial charge in [0.25, 0.3) is 4.84 Å². The maximum Gasteiger partial charge on any atom is 0.266 e. The zero-order chi connectivity index (χ0) is 11.5. The van der Waals surface area contributed by atoms with Crippen molar-refractivity contribution in [2.45, 2.75) is 6.42 Å². The predicted molar refractivity (Wildman–Crippen MR) is 60.3 cm³/mol. The highest BCUT2D eigenvalue weighted by Gasteiger charge is 2.04. The van der Waals surface area contributed by atoms with Crippen LogP contribution in [0, 0.1) is 16.2 Å². The number of carbonyl (C=O) groups excluding carboxylic acids is 1. The molecule has 80 valence electrons. The zero-order valence-electron chi connectivity index (χ0n) is 8.11. The first-order valence-corrected chi connectivity index (χ1v) is 4.89. The number of carbonyl (C=O) groups is 1. The number of aromatic nitrogens is 1. The van der Waals surface area contributed by atoms with Crippen molar-refractivity contribution in [2.75, 3.05) is 5.32 Å². The van der Waals surface area contributed by atoms with Crippen LogP contribution < -0.4 is 5.32 Å². The molecule has 1 aromatic heterocycles. The minimum Gasteiger partial charge on any atom is -0.429 e. The first-order valence-electron chi connectivity index (χ1n) is 4.49. The van der Waals surface area contributed by atoms with E-state index in [-0.39, 0.29) is 17.2 Å². The molecule has 2 rings (SSSR count). The van der Waals surface area contributed by atoms with Crippen LogP contribution in [0.25, 0.3) is 11.1 Å². The second kappa shape index (κ2) is 4.16. The minimum atomic E-state index is -0.351. The normalized spacial score (nSPS) is 9.94. The molecule has 0 radical (unpaired) electrons. The van der Waals surface area contributed by atoms with Crippen LogP contribution in [-0.4, -0.2) is 10.9 Å². The largest absolute Gasteiger partial charge is 0.429 e. The third-order valence-electron chi connectivity index (χ3n) is 1.94. The molecule has 0 unspecified atom stereocenters. The maximum atomic E-state index is 11.2. The zero-order valence-corrected chi connectivity index (χ0v) is 8.93. The van der Waals surface area contributed by atoms with Gasteiger partial charge in [-0.1, -0.05) is 0 Å². The number of amides is 1. The SMILES string of the molecule is N#CCC(=O)Nc1ccc2[nH]c(=S)oc2c1. The lowest BCUT2D eigenvalue weighted by Crippen LogP contribution is -2.09. The van der Waals surface area contributed by atoms with Gasteiger partial charge in [0.1, 0.15) is 6.42 Å². The summed E-state index contributed by atoms with van der Waals surface area (Å²) in [6, 6.07) is 6.87. The van der Waals surface area contributed by atoms with Crippen LogP contribution >= 0.6 is 12.2 Å². The lowest BCUT2D eigenvalue weighted by Gasteiger charge is -2.01. The second-order valence-corrected chi connectivity index (χ2v) is 3.48. The van der Waals surface area contributed by atoms with Crippen LogP contribution in [-0.2, 0) is 4.79 Å². The number of oxazole rings is 1. The number of H-pyrrole nitrogens is 1. The molecule has 0 spiro atoms. The fourth-order valence-electron chi connectivity index (χ4n) is 1.30. The number of nitrogens with zero attached hydrogens (tertiary/aromatic N) is 1. The molecule has 0 aliphatic carbocycles. The molecular formula is C10H7N3O2S. The van der Waals surface area contributed by atoms with E-state index in [9.17, 15) is 4.79 Å². The maximum absolute atomic E-state index is 11.2. The number of rotatable bonds is 2. The Bertz CT molecular complexity index is 635. The molecule has 6 heteroatoms. The van der Waals surface area contributed by atoms with Crippen molar-refractivity contribution in [2.24, 2.45) is 0 Å². The first-order chi connectivity index (χ1) is 7.69. The van der Waals surface area contributed by atoms with Crippen LogP contribution in [0.15, 0.2) is 22.6 Å². The molecule has 0 aliphatic rings. The van der Waals surface area contributed by atoms with Crippen molar-refractivity contribution in [1.29, 1.82) is 5.26 Å². The second-order valence-electron chi connectivity index (χ2n) is 3.11. The average molecular weight is 233 g/mol. The average Bonchev–Trinajstić information content (AvgIpc) is 2.57. The van der Waals surface area contributed by atoms with Crippen LogP contribution in [0.1, 0.15) is 6.42 Å². The summed E-state index contributed by atoms with van der Waals surface area (Å²) in [5, 5.41) is 10.9. The number of fused-ring (bicyclic) bond motifs is 1. The fraction of sp³-hybridized carbons (Fsp3) is 0.100. The minimum absolute atomic E-state index is 0.172. The number of hydrogen-bond acceptors (Lipinski definition) is 4. The molecule has 0 saturated carbocycles. The van der Waals surface area contributed by atoms with Gasteiger partial charge in [-0.05, 0) is 24.4 Å². The summed E-state index contributed by atoms with van der Waals surface area (Å²) in [7, 11) is 0. The Balaban J connectivity index is 2.29. The molecular weight excluding hydrogens is 226 g/mol. The van der Waals surface area contributed by atoms with E-state index in [0.29, 0.717) is 11.3 Å². The number of hydrogen-bond donors (Lipinski definition) is 2. The lowest BCUT2D eigenvalue weighted by molar-refractivity contribution is -0.115. The van der Waals surface area contributed by atoms with Crippen molar-refractivity contribution >= 4 is 34.9 Å². The molecule has 16 heavy (non-hydrogen) atoms. The molecule has 2 N–H and O–H groups in total. The van der Waals surface area contributed by atoms with E-state index in [2.05, 4.69) is 10.3 Å². The number of nitrogens with one attached hydrogen (secondary N) is 2. The molecule has 2 aromatic rings. The lowest BCUT2D eigenvalue weighted by atomic mass is 10.3. The van der Waals surface area contributed by atoms with E-state index in [1.165, 1.54) is 0 Å². The van der Waals surface area contributed by atoms with E-state index in [0.717, 1.165) is 5.52 Å². The highest BCUT2D eigenvalue weighted by molar-refractivity contribution is 7.71. The first kappa shape index (κ1) is 10.4. The van der Waals surface area contributed by atoms with Gasteiger partial charge in [0.05, 0.1) is 11.6 Å². The number of aromatic amines is 1. The van der Waals surface area contributed by atoms with E-state index >= 15 is 0 Å². The molecule has 1 heterocycles. The van der Waals surface area contributed by atoms with Crippen molar-refractivity contribution in [1.82, 2.24) is 4.98 Å². The standard InChI is InChI=1S/C10H7N3O2S/c11-4-3-9(14)12-6-1-2-7-8(5-6)15-10(16)13-7/h1-2,5H,3H2,(H,12,14)(H,13,16). The molecule has 1 amide bonds. The third kappa shape index (κ3) is 2.10. The molecule has 0 fully saturated rings. The quantitative estimate of drug-likeness (QED) is 0.780. The van der Waals surface area contributed by atoms with Crippen molar-refractivity contribution in [3.05, 3.63) is 23.0 Å². The van der Waals surface area contributed by atoms with Crippen molar-refractivity contribution in [3.8, 4) is 6.07 Å². The van der Waals surface area contributed by atoms with Gasteiger partial charge in [0.2, 0.25) is 5.91 Å². The van der Waals surface area contributed by atoms with Crippen LogP contribution in [0.5, 0.6) is 0 Å². The molecule has 5 nitrogen and oxygen atoms in total. The highest BCUT2D eigenvalue weighted by atomic mass is 32.1. The molecule has 0 atom stereocenters. The van der Waals surface area contributed by atoms with Gasteiger partial charge in [-0.3, -0.25) is 4.79 Å². The molecule has 1 aromatic carbocycles. The summed E-state index contributed by atoms with van der Waals surface area (Å²) >= 11 is 4.83. The van der Waals surface area contributed by atoms with Crippen LogP contribution in [0.3, 0.4) is 0 Å². The van der Waals surface area contributed by atoms with Crippen LogP contribution in [0.2, 0.25) is 0 Å². The monoisotopic (exact) mass is 233 g/mol. The summed E-state index contributed by atoms with van der Waals surface area (Å²) in [6.07, 6.45) is -0.172. The summed E-state index contributed by atoms with van der Waals surface area (Å²) in [6.45, 7) is 0. The smallest absolute Gasteiger partial charge is 0.266 e. The Morgan fingerprint density at radius 3 is 3.19 bits per heavy atom. The molecule has 0 aliphatic heterocycles. The summed E-state index contributed by atoms with van der Waals surface area (Å²) in [4.78, 5) is 14.3. The Labute approximate surface area is 95.7 Å². The summed E-state index contributed by atoms with van der Waals surface area (Å²) in [5.74, 6) is -0.351. The van der Waals surface area contributed by atoms with Gasteiger partial charge in [-0.15, -0.1) is 0 Å². The Morgan fingerprint density at radius 2 is 2.44 bits per heavy atom. The number of anilines is 1. The van der Waals surface area contributed by atoms with E-state index < -0.39 is 0 Å². The van der Waals surface area contributed by atoms with Gasteiger partial charge in [0, 0.05) is 11.8 Å². The summed E-state index contributed by atoms with van der Waals surface area (Å²) in [5.41, 5.74) is 1.91. The predicted octanol–water partition coefficient (Wildman–Crippen LogP) is 2.34. The van der Waals surface area contributed by atoms with Crippen LogP contribution in [0.4, 0.5) is 5.69 Å². The van der Waals surface area contributed by atoms with Gasteiger partial charge in [0.15, 0.2) is 5.58 Å². The number of benzene rings is 1. The van der Waals surface area contributed by atoms with E-state index in [4.69, 9.17) is 21.9 Å². The Kier molecular flexibility index (Phi) is 2.70. The van der Waals surface area contributed by atoms with Crippen molar-refractivity contribution < 1.29 is 9.21 Å². The highest BCUT2D eigenvalue weighted by Crippen LogP contribution is 2.18.